The number of aryl methyl sites for hydroxylation is 2. The fraction of sp³-hybridized carbons (Fsp3) is 0.771. The van der Waals surface area contributed by atoms with Gasteiger partial charge >= 0.3 is 169 Å². The fourth-order valence-electron chi connectivity index (χ4n) is 10.7. The molecular formula is C70H122N2Pd. The van der Waals surface area contributed by atoms with Gasteiger partial charge in [0, 0.05) is 22.8 Å². The molecule has 1 heterocycles. The van der Waals surface area contributed by atoms with Crippen molar-refractivity contribution in [1.29, 1.82) is 0 Å². The van der Waals surface area contributed by atoms with E-state index in [1.54, 1.807) is 9.79 Å². The average Bonchev–Trinajstić information content (AvgIpc) is 3.74. The molecule has 0 aromatic heterocycles. The second kappa shape index (κ2) is 51.0. The third-order valence-electron chi connectivity index (χ3n) is 15.6. The summed E-state index contributed by atoms with van der Waals surface area (Å²) in [6, 6.07) is 17.5. The van der Waals surface area contributed by atoms with Gasteiger partial charge in [0.2, 0.25) is 11.4 Å². The Morgan fingerprint density at radius 3 is 0.986 bits per heavy atom. The van der Waals surface area contributed by atoms with Crippen LogP contribution in [0.2, 0.25) is 9.79 Å². The predicted octanol–water partition coefficient (Wildman–Crippen LogP) is 25.1. The first-order valence-corrected chi connectivity index (χ1v) is 34.9. The van der Waals surface area contributed by atoms with Gasteiger partial charge in [0.15, 0.2) is 0 Å². The summed E-state index contributed by atoms with van der Waals surface area (Å²) in [6.45, 7) is 11.3. The Labute approximate surface area is 465 Å². The molecule has 0 atom stereocenters. The minimum Gasteiger partial charge on any atom is -0.493 e. The van der Waals surface area contributed by atoms with Gasteiger partial charge in [-0.15, -0.1) is 0 Å². The first kappa shape index (κ1) is 67.3. The number of unbranched alkanes of at least 4 members (excludes halogenated alkanes) is 39. The zero-order valence-corrected chi connectivity index (χ0v) is 51.1. The first-order valence-electron chi connectivity index (χ1n) is 32.7. The molecule has 2 aromatic rings. The minimum atomic E-state index is 0.903. The molecule has 0 spiro atoms. The van der Waals surface area contributed by atoms with Crippen molar-refractivity contribution in [3.63, 3.8) is 0 Å². The van der Waals surface area contributed by atoms with Crippen molar-refractivity contribution >= 4 is 11.4 Å². The molecule has 0 amide bonds. The van der Waals surface area contributed by atoms with Crippen LogP contribution in [0.15, 0.2) is 60.2 Å². The Morgan fingerprint density at radius 1 is 0.329 bits per heavy atom. The van der Waals surface area contributed by atoms with Gasteiger partial charge in [-0.2, -0.15) is 0 Å². The summed E-state index contributed by atoms with van der Waals surface area (Å²) in [4.78, 5) is 3.10. The molecule has 1 aliphatic rings. The Balaban J connectivity index is 0.000000513. The van der Waals surface area contributed by atoms with Crippen molar-refractivity contribution in [3.8, 4) is 0 Å². The summed E-state index contributed by atoms with van der Waals surface area (Å²) in [5.41, 5.74) is 19.4. The number of rotatable bonds is 51. The minimum absolute atomic E-state index is 0.903. The van der Waals surface area contributed by atoms with Crippen molar-refractivity contribution in [1.82, 2.24) is 0 Å². The third kappa shape index (κ3) is 36.8. The molecule has 1 aliphatic heterocycles. The molecule has 0 unspecified atom stereocenters. The van der Waals surface area contributed by atoms with Crippen LogP contribution in [0.3, 0.4) is 0 Å². The van der Waals surface area contributed by atoms with Crippen LogP contribution in [-0.4, -0.2) is 4.70 Å². The average molecular weight is 1100 g/mol. The summed E-state index contributed by atoms with van der Waals surface area (Å²) < 4.78 is 1.45. The molecule has 2 nitrogen and oxygen atoms in total. The van der Waals surface area contributed by atoms with E-state index in [-0.39, 0.29) is 0 Å². The van der Waals surface area contributed by atoms with E-state index >= 15 is 0 Å². The van der Waals surface area contributed by atoms with Gasteiger partial charge < -0.3 is 5.53 Å². The van der Waals surface area contributed by atoms with Crippen LogP contribution >= 0.6 is 0 Å². The smallest absolute Gasteiger partial charge is 0.493 e. The molecule has 0 aliphatic carbocycles. The number of hydrogen-bond donors (Lipinski definition) is 0. The van der Waals surface area contributed by atoms with E-state index < -0.39 is 0 Å². The van der Waals surface area contributed by atoms with Gasteiger partial charge in [-0.1, -0.05) is 181 Å². The molecule has 0 saturated carbocycles. The molecule has 422 valence electrons. The Morgan fingerprint density at radius 2 is 0.630 bits per heavy atom. The number of hydrogen-bond acceptors (Lipinski definition) is 0. The van der Waals surface area contributed by atoms with E-state index in [2.05, 4.69) is 89.2 Å². The normalized spacial score (nSPS) is 12.6. The zero-order valence-electron chi connectivity index (χ0n) is 49.6. The van der Waals surface area contributed by atoms with E-state index in [0.29, 0.717) is 0 Å². The summed E-state index contributed by atoms with van der Waals surface area (Å²) in [6.07, 6.45) is 68.6. The summed E-state index contributed by atoms with van der Waals surface area (Å²) in [7, 11) is 0. The zero-order chi connectivity index (χ0) is 52.3. The van der Waals surface area contributed by atoms with E-state index in [4.69, 9.17) is 0 Å². The predicted molar refractivity (Wildman–Crippen MR) is 325 cm³/mol. The topological polar surface area (TPSA) is 25.3 Å². The van der Waals surface area contributed by atoms with Crippen molar-refractivity contribution in [2.24, 2.45) is 0 Å². The van der Waals surface area contributed by atoms with Gasteiger partial charge in [0.25, 0.3) is 0 Å². The van der Waals surface area contributed by atoms with E-state index in [0.717, 1.165) is 72.6 Å². The second-order valence-electron chi connectivity index (χ2n) is 22.6. The standard InChI is InChI=1S/C30H40N2.2C20H41.Pd/c1-4-7-10-14-24-16-12-19-26(21-24)29-23-28(18-9-6-3)30(32(29)31)27-20-13-17-25(22-27)15-11-8-5-2;2*1-3-5-7-9-11-13-15-17-19-20-18-16-14-12-10-8-6-4-2;/h12-13,16-17,19-23H,4-11,14-15,18H2,1-3H3;2*1,3-20H2,2H3;. The Kier molecular flexibility index (Phi) is 47.0. The molecule has 0 N–H and O–H groups in total. The number of nitrogens with zero attached hydrogens (tertiary/aromatic N) is 2. The van der Waals surface area contributed by atoms with E-state index in [9.17, 15) is 5.53 Å². The summed E-state index contributed by atoms with van der Waals surface area (Å²) in [5, 5.41) is 0. The Bertz CT molecular complexity index is 1570. The molecule has 2 aromatic carbocycles. The molecule has 0 fully saturated rings. The molecule has 0 bridgehead atoms. The number of benzene rings is 2. The van der Waals surface area contributed by atoms with Crippen LogP contribution < -0.4 is 0 Å². The van der Waals surface area contributed by atoms with Gasteiger partial charge in [-0.05, 0) is 73.9 Å². The van der Waals surface area contributed by atoms with Crippen LogP contribution in [0, 0.1) is 0 Å². The molecule has 73 heavy (non-hydrogen) atoms. The maximum absolute atomic E-state index is 11.3. The van der Waals surface area contributed by atoms with Crippen LogP contribution in [0.1, 0.15) is 346 Å². The van der Waals surface area contributed by atoms with Gasteiger partial charge in [-0.3, -0.25) is 0 Å². The van der Waals surface area contributed by atoms with Crippen molar-refractivity contribution < 1.29 is 22.7 Å². The van der Waals surface area contributed by atoms with Crippen molar-refractivity contribution in [3.05, 3.63) is 88.0 Å². The van der Waals surface area contributed by atoms with E-state index in [1.807, 2.05) is 0 Å². The maximum atomic E-state index is 11.3. The summed E-state index contributed by atoms with van der Waals surface area (Å²) in [5.74, 6) is 0. The quantitative estimate of drug-likeness (QED) is 0.0358. The van der Waals surface area contributed by atoms with E-state index in [1.165, 1.54) is 291 Å². The summed E-state index contributed by atoms with van der Waals surface area (Å²) >= 11 is 1.06. The van der Waals surface area contributed by atoms with Crippen LogP contribution in [-0.2, 0) is 30.8 Å². The SMILES string of the molecule is CCCCCCCCCCCCCCCCCCC[CH2][Pd][CH2]CCCCCCCCCCCCCCCCCCC.CCCCCc1cccc(C2=CC(CCCC)=C(c3cccc(CCCCC)c3)[N+]2=[N-])c1. The van der Waals surface area contributed by atoms with Gasteiger partial charge in [-0.25, -0.2) is 4.70 Å². The molecule has 0 saturated heterocycles. The third-order valence-corrected chi connectivity index (χ3v) is 17.8. The second-order valence-corrected chi connectivity index (χ2v) is 25.0. The Hall–Kier alpha value is -1.82. The molecule has 3 rings (SSSR count). The molecule has 0 radical (unpaired) electrons. The fourth-order valence-corrected chi connectivity index (χ4v) is 12.7. The van der Waals surface area contributed by atoms with Crippen molar-refractivity contribution in [2.75, 3.05) is 0 Å². The molecule has 3 heteroatoms. The van der Waals surface area contributed by atoms with Crippen LogP contribution in [0.4, 0.5) is 0 Å². The monoisotopic (exact) mass is 1100 g/mol. The van der Waals surface area contributed by atoms with Crippen LogP contribution in [0.5, 0.6) is 0 Å². The van der Waals surface area contributed by atoms with Gasteiger partial charge in [0.05, 0.1) is 0 Å². The first-order chi connectivity index (χ1) is 36.1. The van der Waals surface area contributed by atoms with Gasteiger partial charge in [0.1, 0.15) is 0 Å². The number of allylic oxidation sites excluding steroid dienone is 2. The molecular weight excluding hydrogens is 975 g/mol. The van der Waals surface area contributed by atoms with Crippen molar-refractivity contribution in [2.45, 2.75) is 346 Å². The van der Waals surface area contributed by atoms with Crippen LogP contribution in [0.25, 0.3) is 16.9 Å².